The van der Waals surface area contributed by atoms with Crippen LogP contribution >= 0.6 is 0 Å². The number of nitrogens with zero attached hydrogens (tertiary/aromatic N) is 1. The second-order valence-electron chi connectivity index (χ2n) is 6.04. The zero-order valence-electron chi connectivity index (χ0n) is 12.4. The molecule has 1 saturated heterocycles. The van der Waals surface area contributed by atoms with Gasteiger partial charge in [0.25, 0.3) is 0 Å². The number of hydrogen-bond donors (Lipinski definition) is 0. The van der Waals surface area contributed by atoms with E-state index in [9.17, 15) is 9.59 Å². The second kappa shape index (κ2) is 6.89. The molecular formula is C14H25NO4. The first-order valence-corrected chi connectivity index (χ1v) is 6.90. The van der Waals surface area contributed by atoms with E-state index >= 15 is 0 Å². The van der Waals surface area contributed by atoms with Crippen LogP contribution in [0.15, 0.2) is 0 Å². The summed E-state index contributed by atoms with van der Waals surface area (Å²) >= 11 is 0. The molecule has 5 nitrogen and oxygen atoms in total. The predicted octanol–water partition coefficient (Wildman–Crippen LogP) is 1.95. The number of piperidine rings is 1. The van der Waals surface area contributed by atoms with Gasteiger partial charge in [0.05, 0.1) is 5.41 Å². The molecule has 0 bridgehead atoms. The summed E-state index contributed by atoms with van der Waals surface area (Å²) in [6.45, 7) is 8.66. The minimum Gasteiger partial charge on any atom is -0.427 e. The van der Waals surface area contributed by atoms with Gasteiger partial charge in [0.15, 0.2) is 0 Å². The fraction of sp³-hybridized carbons (Fsp3) is 0.857. The van der Waals surface area contributed by atoms with Gasteiger partial charge in [-0.25, -0.2) is 0 Å². The first kappa shape index (κ1) is 16.0. The molecule has 1 fully saturated rings. The van der Waals surface area contributed by atoms with Gasteiger partial charge < -0.3 is 9.47 Å². The highest BCUT2D eigenvalue weighted by atomic mass is 16.7. The van der Waals surface area contributed by atoms with Crippen molar-refractivity contribution in [3.63, 3.8) is 0 Å². The lowest BCUT2D eigenvalue weighted by molar-refractivity contribution is -0.176. The van der Waals surface area contributed by atoms with E-state index in [1.54, 1.807) is 20.8 Å². The predicted molar refractivity (Wildman–Crippen MR) is 71.4 cm³/mol. The first-order valence-electron chi connectivity index (χ1n) is 6.90. The van der Waals surface area contributed by atoms with Crippen molar-refractivity contribution in [1.82, 2.24) is 4.90 Å². The van der Waals surface area contributed by atoms with E-state index in [1.807, 2.05) is 6.92 Å². The van der Waals surface area contributed by atoms with Crippen LogP contribution < -0.4 is 0 Å². The van der Waals surface area contributed by atoms with E-state index in [-0.39, 0.29) is 24.8 Å². The maximum Gasteiger partial charge on any atom is 0.325 e. The van der Waals surface area contributed by atoms with E-state index < -0.39 is 5.41 Å². The van der Waals surface area contributed by atoms with Crippen molar-refractivity contribution in [2.75, 3.05) is 19.9 Å². The number of likely N-dealkylation sites (tertiary alicyclic amines) is 1. The molecule has 1 aliphatic heterocycles. The lowest BCUT2D eigenvalue weighted by Crippen LogP contribution is -2.43. The van der Waals surface area contributed by atoms with E-state index in [4.69, 9.17) is 9.47 Å². The Morgan fingerprint density at radius 2 is 1.68 bits per heavy atom. The van der Waals surface area contributed by atoms with Crippen LogP contribution in [0.4, 0.5) is 0 Å². The quantitative estimate of drug-likeness (QED) is 0.578. The van der Waals surface area contributed by atoms with Gasteiger partial charge in [-0.05, 0) is 53.6 Å². The number of rotatable bonds is 4. The molecule has 0 amide bonds. The maximum atomic E-state index is 11.8. The molecule has 0 aromatic rings. The summed E-state index contributed by atoms with van der Waals surface area (Å²) in [5.41, 5.74) is -0.578. The maximum absolute atomic E-state index is 11.8. The highest BCUT2D eigenvalue weighted by Gasteiger charge is 2.26. The Hall–Kier alpha value is -1.10. The molecule has 0 spiro atoms. The lowest BCUT2D eigenvalue weighted by Gasteiger charge is -2.30. The minimum atomic E-state index is -0.578. The summed E-state index contributed by atoms with van der Waals surface area (Å²) in [5, 5.41) is 0. The summed E-state index contributed by atoms with van der Waals surface area (Å²) in [6, 6.07) is -0.270. The fourth-order valence-corrected chi connectivity index (χ4v) is 1.93. The van der Waals surface area contributed by atoms with Crippen LogP contribution in [-0.4, -0.2) is 42.8 Å². The van der Waals surface area contributed by atoms with Crippen LogP contribution in [0, 0.1) is 5.41 Å². The zero-order chi connectivity index (χ0) is 14.5. The largest absolute Gasteiger partial charge is 0.427 e. The molecule has 5 heteroatoms. The molecule has 0 aromatic carbocycles. The van der Waals surface area contributed by atoms with E-state index in [1.165, 1.54) is 6.42 Å². The van der Waals surface area contributed by atoms with Crippen LogP contribution in [0.5, 0.6) is 0 Å². The standard InChI is InChI=1S/C14H25NO4/c1-11(15-8-6-5-7-9-15)12(16)18-10-19-13(17)14(2,3)4/h11H,5-10H2,1-4H3. The molecule has 0 N–H and O–H groups in total. The van der Waals surface area contributed by atoms with Crippen molar-refractivity contribution < 1.29 is 19.1 Å². The Morgan fingerprint density at radius 1 is 1.11 bits per heavy atom. The lowest BCUT2D eigenvalue weighted by atomic mass is 9.98. The highest BCUT2D eigenvalue weighted by molar-refractivity contribution is 5.76. The number of ether oxygens (including phenoxy) is 2. The van der Waals surface area contributed by atoms with Crippen LogP contribution in [-0.2, 0) is 19.1 Å². The summed E-state index contributed by atoms with van der Waals surface area (Å²) in [7, 11) is 0. The van der Waals surface area contributed by atoms with Gasteiger partial charge in [0, 0.05) is 0 Å². The minimum absolute atomic E-state index is 0.270. The third-order valence-electron chi connectivity index (χ3n) is 3.28. The average molecular weight is 271 g/mol. The Labute approximate surface area is 115 Å². The molecular weight excluding hydrogens is 246 g/mol. The molecule has 110 valence electrons. The monoisotopic (exact) mass is 271 g/mol. The van der Waals surface area contributed by atoms with Gasteiger partial charge in [-0.2, -0.15) is 0 Å². The molecule has 0 radical (unpaired) electrons. The molecule has 1 rings (SSSR count). The molecule has 1 unspecified atom stereocenters. The number of carbonyl (C=O) groups is 2. The normalized spacial score (nSPS) is 18.7. The molecule has 1 aliphatic rings. The van der Waals surface area contributed by atoms with Crippen LogP contribution in [0.3, 0.4) is 0 Å². The average Bonchev–Trinajstić information content (AvgIpc) is 2.37. The topological polar surface area (TPSA) is 55.8 Å². The highest BCUT2D eigenvalue weighted by Crippen LogP contribution is 2.15. The molecule has 0 saturated carbocycles. The van der Waals surface area contributed by atoms with Crippen LogP contribution in [0.2, 0.25) is 0 Å². The Morgan fingerprint density at radius 3 is 2.21 bits per heavy atom. The van der Waals surface area contributed by atoms with Gasteiger partial charge in [-0.3, -0.25) is 14.5 Å². The summed E-state index contributed by atoms with van der Waals surface area (Å²) in [5.74, 6) is -0.700. The molecule has 19 heavy (non-hydrogen) atoms. The second-order valence-corrected chi connectivity index (χ2v) is 6.04. The van der Waals surface area contributed by atoms with Crippen molar-refractivity contribution in [2.24, 2.45) is 5.41 Å². The van der Waals surface area contributed by atoms with Gasteiger partial charge in [0.1, 0.15) is 6.04 Å². The van der Waals surface area contributed by atoms with Gasteiger partial charge in [0.2, 0.25) is 6.79 Å². The fourth-order valence-electron chi connectivity index (χ4n) is 1.93. The molecule has 1 heterocycles. The van der Waals surface area contributed by atoms with E-state index in [2.05, 4.69) is 4.90 Å². The van der Waals surface area contributed by atoms with Crippen molar-refractivity contribution in [3.8, 4) is 0 Å². The van der Waals surface area contributed by atoms with Crippen LogP contribution in [0.1, 0.15) is 47.0 Å². The first-order chi connectivity index (χ1) is 8.82. The Balaban J connectivity index is 2.28. The van der Waals surface area contributed by atoms with Crippen LogP contribution in [0.25, 0.3) is 0 Å². The summed E-state index contributed by atoms with van der Waals surface area (Å²) < 4.78 is 9.91. The molecule has 1 atom stereocenters. The number of carbonyl (C=O) groups excluding carboxylic acids is 2. The van der Waals surface area contributed by atoms with Gasteiger partial charge in [-0.1, -0.05) is 6.42 Å². The van der Waals surface area contributed by atoms with Crippen molar-refractivity contribution >= 4 is 11.9 Å². The summed E-state index contributed by atoms with van der Waals surface area (Å²) in [4.78, 5) is 25.4. The smallest absolute Gasteiger partial charge is 0.325 e. The van der Waals surface area contributed by atoms with Gasteiger partial charge >= 0.3 is 11.9 Å². The van der Waals surface area contributed by atoms with Crippen molar-refractivity contribution in [3.05, 3.63) is 0 Å². The molecule has 0 aromatic heterocycles. The third kappa shape index (κ3) is 5.19. The number of hydrogen-bond acceptors (Lipinski definition) is 5. The Kier molecular flexibility index (Phi) is 5.79. The van der Waals surface area contributed by atoms with Crippen molar-refractivity contribution in [1.29, 1.82) is 0 Å². The third-order valence-corrected chi connectivity index (χ3v) is 3.28. The molecule has 0 aliphatic carbocycles. The van der Waals surface area contributed by atoms with Gasteiger partial charge in [-0.15, -0.1) is 0 Å². The van der Waals surface area contributed by atoms with E-state index in [0.29, 0.717) is 0 Å². The SMILES string of the molecule is CC(C(=O)OCOC(=O)C(C)(C)C)N1CCCCC1. The Bertz CT molecular complexity index is 316. The number of esters is 2. The van der Waals surface area contributed by atoms with Crippen molar-refractivity contribution in [2.45, 2.75) is 53.0 Å². The zero-order valence-corrected chi connectivity index (χ0v) is 12.4. The van der Waals surface area contributed by atoms with E-state index in [0.717, 1.165) is 25.9 Å². The summed E-state index contributed by atoms with van der Waals surface area (Å²) in [6.07, 6.45) is 3.47.